The van der Waals surface area contributed by atoms with Crippen LogP contribution in [-0.2, 0) is 0 Å². The molecule has 0 fully saturated rings. The molecule has 0 radical (unpaired) electrons. The predicted octanol–water partition coefficient (Wildman–Crippen LogP) is 3.49. The topological polar surface area (TPSA) is 35.0 Å². The predicted molar refractivity (Wildman–Crippen MR) is 70.7 cm³/mol. The second-order valence-corrected chi connectivity index (χ2v) is 4.64. The van der Waals surface area contributed by atoms with Crippen molar-refractivity contribution < 1.29 is 4.74 Å². The van der Waals surface area contributed by atoms with Gasteiger partial charge in [-0.1, -0.05) is 12.1 Å². The molecule has 4 heteroatoms. The van der Waals surface area contributed by atoms with Gasteiger partial charge in [0.1, 0.15) is 12.1 Å². The van der Waals surface area contributed by atoms with Crippen LogP contribution in [-0.4, -0.2) is 9.97 Å². The Morgan fingerprint density at radius 2 is 2.06 bits per heavy atom. The van der Waals surface area contributed by atoms with E-state index in [2.05, 4.69) is 45.5 Å². The van der Waals surface area contributed by atoms with Crippen LogP contribution in [0.4, 0.5) is 0 Å². The summed E-state index contributed by atoms with van der Waals surface area (Å²) in [4.78, 5) is 8.03. The van der Waals surface area contributed by atoms with Gasteiger partial charge in [-0.05, 0) is 53.6 Å². The quantitative estimate of drug-likeness (QED) is 0.793. The Bertz CT molecular complexity index is 514. The Hall–Kier alpha value is -1.17. The van der Waals surface area contributed by atoms with Gasteiger partial charge in [-0.3, -0.25) is 0 Å². The number of hydrogen-bond donors (Lipinski definition) is 0. The fraction of sp³-hybridized carbons (Fsp3) is 0.167. The second kappa shape index (κ2) is 4.78. The van der Waals surface area contributed by atoms with Crippen LogP contribution in [0.1, 0.15) is 11.1 Å². The standard InChI is InChI=1S/C12H11IN2O/c1-8-4-3-5-11(9(8)2)16-12-10(13)6-14-7-15-12/h3-7H,1-2H3. The van der Waals surface area contributed by atoms with Crippen molar-refractivity contribution in [2.24, 2.45) is 0 Å². The molecular weight excluding hydrogens is 315 g/mol. The van der Waals surface area contributed by atoms with Crippen LogP contribution in [0.25, 0.3) is 0 Å². The van der Waals surface area contributed by atoms with Gasteiger partial charge in [-0.25, -0.2) is 9.97 Å². The van der Waals surface area contributed by atoms with Crippen molar-refractivity contribution in [1.82, 2.24) is 9.97 Å². The fourth-order valence-corrected chi connectivity index (χ4v) is 1.73. The van der Waals surface area contributed by atoms with Gasteiger partial charge in [-0.2, -0.15) is 0 Å². The van der Waals surface area contributed by atoms with Gasteiger partial charge in [0.2, 0.25) is 5.88 Å². The lowest BCUT2D eigenvalue weighted by Crippen LogP contribution is -1.94. The molecule has 0 aliphatic heterocycles. The van der Waals surface area contributed by atoms with E-state index >= 15 is 0 Å². The molecule has 0 saturated heterocycles. The molecule has 0 atom stereocenters. The molecule has 0 bridgehead atoms. The van der Waals surface area contributed by atoms with Crippen molar-refractivity contribution in [3.05, 3.63) is 45.4 Å². The molecule has 0 aliphatic carbocycles. The third-order valence-electron chi connectivity index (χ3n) is 2.40. The number of rotatable bonds is 2. The molecule has 0 unspecified atom stereocenters. The molecule has 2 rings (SSSR count). The number of nitrogens with zero attached hydrogens (tertiary/aromatic N) is 2. The summed E-state index contributed by atoms with van der Waals surface area (Å²) in [5.74, 6) is 1.45. The molecule has 16 heavy (non-hydrogen) atoms. The Kier molecular flexibility index (Phi) is 3.38. The maximum atomic E-state index is 5.76. The number of hydrogen-bond acceptors (Lipinski definition) is 3. The van der Waals surface area contributed by atoms with Crippen LogP contribution in [0, 0.1) is 17.4 Å². The maximum absolute atomic E-state index is 5.76. The molecule has 0 N–H and O–H groups in total. The first kappa shape index (κ1) is 11.3. The summed E-state index contributed by atoms with van der Waals surface area (Å²) >= 11 is 2.16. The molecular formula is C12H11IN2O. The van der Waals surface area contributed by atoms with Crippen LogP contribution in [0.3, 0.4) is 0 Å². The Morgan fingerprint density at radius 3 is 2.81 bits per heavy atom. The van der Waals surface area contributed by atoms with E-state index < -0.39 is 0 Å². The van der Waals surface area contributed by atoms with Gasteiger partial charge in [0.25, 0.3) is 0 Å². The molecule has 1 heterocycles. The number of ether oxygens (including phenoxy) is 1. The molecule has 2 aromatic rings. The second-order valence-electron chi connectivity index (χ2n) is 3.48. The SMILES string of the molecule is Cc1cccc(Oc2ncncc2I)c1C. The van der Waals surface area contributed by atoms with E-state index in [4.69, 9.17) is 4.74 Å². The van der Waals surface area contributed by atoms with E-state index in [1.54, 1.807) is 6.20 Å². The maximum Gasteiger partial charge on any atom is 0.235 e. The van der Waals surface area contributed by atoms with E-state index in [9.17, 15) is 0 Å². The summed E-state index contributed by atoms with van der Waals surface area (Å²) in [5, 5.41) is 0. The first-order chi connectivity index (χ1) is 7.68. The van der Waals surface area contributed by atoms with E-state index in [-0.39, 0.29) is 0 Å². The Balaban J connectivity index is 2.35. The van der Waals surface area contributed by atoms with Gasteiger partial charge < -0.3 is 4.74 Å². The number of halogens is 1. The van der Waals surface area contributed by atoms with E-state index in [0.29, 0.717) is 5.88 Å². The van der Waals surface area contributed by atoms with Crippen LogP contribution in [0.2, 0.25) is 0 Å². The van der Waals surface area contributed by atoms with Crippen molar-refractivity contribution in [2.45, 2.75) is 13.8 Å². The third kappa shape index (κ3) is 2.32. The van der Waals surface area contributed by atoms with E-state index in [1.807, 2.05) is 19.1 Å². The minimum Gasteiger partial charge on any atom is -0.438 e. The molecule has 82 valence electrons. The van der Waals surface area contributed by atoms with Crippen LogP contribution in [0.15, 0.2) is 30.7 Å². The Labute approximate surface area is 108 Å². The van der Waals surface area contributed by atoms with Gasteiger partial charge >= 0.3 is 0 Å². The average molecular weight is 326 g/mol. The fourth-order valence-electron chi connectivity index (χ4n) is 1.32. The number of benzene rings is 1. The first-order valence-corrected chi connectivity index (χ1v) is 5.96. The molecule has 0 saturated carbocycles. The largest absolute Gasteiger partial charge is 0.438 e. The minimum absolute atomic E-state index is 0.601. The molecule has 0 aliphatic rings. The van der Waals surface area contributed by atoms with Crippen molar-refractivity contribution >= 4 is 22.6 Å². The minimum atomic E-state index is 0.601. The zero-order valence-corrected chi connectivity index (χ0v) is 11.2. The summed E-state index contributed by atoms with van der Waals surface area (Å²) in [5.41, 5.74) is 2.35. The first-order valence-electron chi connectivity index (χ1n) is 4.88. The number of aromatic nitrogens is 2. The van der Waals surface area contributed by atoms with Gasteiger partial charge in [-0.15, -0.1) is 0 Å². The number of aryl methyl sites for hydroxylation is 1. The highest BCUT2D eigenvalue weighted by atomic mass is 127. The summed E-state index contributed by atoms with van der Waals surface area (Å²) in [6.45, 7) is 4.10. The zero-order chi connectivity index (χ0) is 11.5. The lowest BCUT2D eigenvalue weighted by molar-refractivity contribution is 0.454. The summed E-state index contributed by atoms with van der Waals surface area (Å²) in [7, 11) is 0. The van der Waals surface area contributed by atoms with Crippen LogP contribution >= 0.6 is 22.6 Å². The van der Waals surface area contributed by atoms with Crippen LogP contribution < -0.4 is 4.74 Å². The van der Waals surface area contributed by atoms with Crippen molar-refractivity contribution in [2.75, 3.05) is 0 Å². The van der Waals surface area contributed by atoms with Crippen molar-refractivity contribution in [3.8, 4) is 11.6 Å². The van der Waals surface area contributed by atoms with E-state index in [0.717, 1.165) is 14.9 Å². The molecule has 0 spiro atoms. The zero-order valence-electron chi connectivity index (χ0n) is 9.07. The molecule has 0 amide bonds. The summed E-state index contributed by atoms with van der Waals surface area (Å²) in [6.07, 6.45) is 3.22. The van der Waals surface area contributed by atoms with E-state index in [1.165, 1.54) is 11.9 Å². The highest BCUT2D eigenvalue weighted by Gasteiger charge is 2.06. The molecule has 1 aromatic carbocycles. The third-order valence-corrected chi connectivity index (χ3v) is 3.14. The van der Waals surface area contributed by atoms with Crippen molar-refractivity contribution in [3.63, 3.8) is 0 Å². The summed E-state index contributed by atoms with van der Waals surface area (Å²) < 4.78 is 6.67. The Morgan fingerprint density at radius 1 is 1.25 bits per heavy atom. The monoisotopic (exact) mass is 326 g/mol. The molecule has 3 nitrogen and oxygen atoms in total. The summed E-state index contributed by atoms with van der Waals surface area (Å²) in [6, 6.07) is 5.99. The van der Waals surface area contributed by atoms with Gasteiger partial charge in [0, 0.05) is 6.20 Å². The molecule has 1 aromatic heterocycles. The van der Waals surface area contributed by atoms with Gasteiger partial charge in [0.15, 0.2) is 0 Å². The lowest BCUT2D eigenvalue weighted by Gasteiger charge is -2.10. The smallest absolute Gasteiger partial charge is 0.235 e. The highest BCUT2D eigenvalue weighted by Crippen LogP contribution is 2.27. The highest BCUT2D eigenvalue weighted by molar-refractivity contribution is 14.1. The van der Waals surface area contributed by atoms with Crippen molar-refractivity contribution in [1.29, 1.82) is 0 Å². The average Bonchev–Trinajstić information content (AvgIpc) is 2.28. The normalized spacial score (nSPS) is 10.2. The van der Waals surface area contributed by atoms with Gasteiger partial charge in [0.05, 0.1) is 3.57 Å². The lowest BCUT2D eigenvalue weighted by atomic mass is 10.1. The van der Waals surface area contributed by atoms with Crippen LogP contribution in [0.5, 0.6) is 11.6 Å².